The maximum absolute atomic E-state index is 12.0. The molecule has 0 atom stereocenters. The lowest BCUT2D eigenvalue weighted by atomic mass is 10.3. The minimum absolute atomic E-state index is 0.0457. The molecule has 0 aliphatic carbocycles. The van der Waals surface area contributed by atoms with Crippen LogP contribution in [-0.2, 0) is 4.74 Å². The van der Waals surface area contributed by atoms with Crippen molar-refractivity contribution in [3.8, 4) is 0 Å². The SMILES string of the molecule is CCCOCCN1CCN(C(=O)c2cn[nH]n2)CC1. The van der Waals surface area contributed by atoms with Crippen molar-refractivity contribution < 1.29 is 9.53 Å². The average Bonchev–Trinajstić information content (AvgIpc) is 2.98. The molecule has 7 heteroatoms. The van der Waals surface area contributed by atoms with Crippen LogP contribution in [0.2, 0.25) is 0 Å². The molecular formula is C12H21N5O2. The number of ether oxygens (including phenoxy) is 1. The molecule has 0 spiro atoms. The summed E-state index contributed by atoms with van der Waals surface area (Å²) < 4.78 is 5.47. The summed E-state index contributed by atoms with van der Waals surface area (Å²) in [5, 5.41) is 9.94. The largest absolute Gasteiger partial charge is 0.380 e. The quantitative estimate of drug-likeness (QED) is 0.734. The van der Waals surface area contributed by atoms with E-state index in [1.807, 2.05) is 4.90 Å². The van der Waals surface area contributed by atoms with Crippen molar-refractivity contribution in [2.75, 3.05) is 45.9 Å². The van der Waals surface area contributed by atoms with Crippen LogP contribution in [0.3, 0.4) is 0 Å². The summed E-state index contributed by atoms with van der Waals surface area (Å²) in [7, 11) is 0. The van der Waals surface area contributed by atoms with Gasteiger partial charge in [0.25, 0.3) is 5.91 Å². The molecule has 1 amide bonds. The first kappa shape index (κ1) is 14.0. The van der Waals surface area contributed by atoms with Crippen LogP contribution in [0.5, 0.6) is 0 Å². The van der Waals surface area contributed by atoms with Crippen LogP contribution in [0.25, 0.3) is 0 Å². The summed E-state index contributed by atoms with van der Waals surface area (Å²) in [6.45, 7) is 7.88. The van der Waals surface area contributed by atoms with Crippen molar-refractivity contribution in [3.63, 3.8) is 0 Å². The average molecular weight is 267 g/mol. The van der Waals surface area contributed by atoms with Crippen molar-refractivity contribution >= 4 is 5.91 Å². The fourth-order valence-corrected chi connectivity index (χ4v) is 2.08. The summed E-state index contributed by atoms with van der Waals surface area (Å²) >= 11 is 0. The van der Waals surface area contributed by atoms with E-state index in [0.29, 0.717) is 5.69 Å². The summed E-state index contributed by atoms with van der Waals surface area (Å²) in [6.07, 6.45) is 2.52. The second-order valence-electron chi connectivity index (χ2n) is 4.60. The second kappa shape index (κ2) is 7.20. The number of aromatic nitrogens is 3. The Morgan fingerprint density at radius 1 is 1.37 bits per heavy atom. The molecule has 0 saturated carbocycles. The molecule has 1 aliphatic rings. The normalized spacial score (nSPS) is 16.8. The van der Waals surface area contributed by atoms with E-state index >= 15 is 0 Å². The van der Waals surface area contributed by atoms with Crippen LogP contribution in [0, 0.1) is 0 Å². The zero-order valence-electron chi connectivity index (χ0n) is 11.3. The number of carbonyl (C=O) groups is 1. The Morgan fingerprint density at radius 2 is 2.16 bits per heavy atom. The zero-order chi connectivity index (χ0) is 13.5. The number of piperazine rings is 1. The van der Waals surface area contributed by atoms with Gasteiger partial charge in [-0.1, -0.05) is 6.92 Å². The van der Waals surface area contributed by atoms with E-state index in [9.17, 15) is 4.79 Å². The van der Waals surface area contributed by atoms with Crippen molar-refractivity contribution in [2.24, 2.45) is 0 Å². The molecule has 1 fully saturated rings. The Kier molecular flexibility index (Phi) is 5.29. The molecule has 0 unspecified atom stereocenters. The molecule has 1 N–H and O–H groups in total. The van der Waals surface area contributed by atoms with Crippen LogP contribution in [0.15, 0.2) is 6.20 Å². The van der Waals surface area contributed by atoms with E-state index in [4.69, 9.17) is 4.74 Å². The first-order valence-electron chi connectivity index (χ1n) is 6.76. The Labute approximate surface area is 112 Å². The van der Waals surface area contributed by atoms with Gasteiger partial charge in [0, 0.05) is 39.3 Å². The summed E-state index contributed by atoms with van der Waals surface area (Å²) in [5.41, 5.74) is 0.389. The van der Waals surface area contributed by atoms with Gasteiger partial charge in [-0.15, -0.1) is 0 Å². The lowest BCUT2D eigenvalue weighted by Gasteiger charge is -2.34. The highest BCUT2D eigenvalue weighted by Gasteiger charge is 2.23. The minimum atomic E-state index is -0.0457. The van der Waals surface area contributed by atoms with Gasteiger partial charge in [-0.05, 0) is 6.42 Å². The maximum Gasteiger partial charge on any atom is 0.276 e. The molecule has 1 aliphatic heterocycles. The zero-order valence-corrected chi connectivity index (χ0v) is 11.3. The van der Waals surface area contributed by atoms with Crippen LogP contribution in [0.1, 0.15) is 23.8 Å². The number of hydrogen-bond acceptors (Lipinski definition) is 5. The van der Waals surface area contributed by atoms with Crippen LogP contribution < -0.4 is 0 Å². The molecule has 0 aromatic carbocycles. The Morgan fingerprint density at radius 3 is 2.79 bits per heavy atom. The number of rotatable bonds is 6. The van der Waals surface area contributed by atoms with Crippen molar-refractivity contribution in [1.82, 2.24) is 25.2 Å². The monoisotopic (exact) mass is 267 g/mol. The van der Waals surface area contributed by atoms with Gasteiger partial charge < -0.3 is 9.64 Å². The molecule has 1 aromatic heterocycles. The summed E-state index contributed by atoms with van der Waals surface area (Å²) in [4.78, 5) is 16.2. The second-order valence-corrected chi connectivity index (χ2v) is 4.60. The molecule has 1 aromatic rings. The van der Waals surface area contributed by atoms with Crippen molar-refractivity contribution in [1.29, 1.82) is 0 Å². The lowest BCUT2D eigenvalue weighted by molar-refractivity contribution is 0.0547. The van der Waals surface area contributed by atoms with Crippen LogP contribution >= 0.6 is 0 Å². The fourth-order valence-electron chi connectivity index (χ4n) is 2.08. The van der Waals surface area contributed by atoms with Crippen molar-refractivity contribution in [2.45, 2.75) is 13.3 Å². The molecule has 2 heterocycles. The topological polar surface area (TPSA) is 74.3 Å². The van der Waals surface area contributed by atoms with Gasteiger partial charge in [0.2, 0.25) is 0 Å². The maximum atomic E-state index is 12.0. The van der Waals surface area contributed by atoms with Crippen LogP contribution in [0.4, 0.5) is 0 Å². The van der Waals surface area contributed by atoms with Gasteiger partial charge in [-0.2, -0.15) is 15.4 Å². The number of hydrogen-bond donors (Lipinski definition) is 1. The minimum Gasteiger partial charge on any atom is -0.380 e. The summed E-state index contributed by atoms with van der Waals surface area (Å²) in [5.74, 6) is -0.0457. The molecule has 0 bridgehead atoms. The molecule has 0 radical (unpaired) electrons. The number of nitrogens with one attached hydrogen (secondary N) is 1. The number of amides is 1. The molecule has 1 saturated heterocycles. The lowest BCUT2D eigenvalue weighted by Crippen LogP contribution is -2.49. The standard InChI is InChI=1S/C12H21N5O2/c1-2-8-19-9-7-16-3-5-17(6-4-16)12(18)11-10-13-15-14-11/h10H,2-9H2,1H3,(H,13,14,15). The highest BCUT2D eigenvalue weighted by molar-refractivity contribution is 5.91. The third-order valence-corrected chi connectivity index (χ3v) is 3.19. The van der Waals surface area contributed by atoms with Gasteiger partial charge in [0.15, 0.2) is 5.69 Å². The number of H-pyrrole nitrogens is 1. The van der Waals surface area contributed by atoms with E-state index in [1.54, 1.807) is 0 Å². The van der Waals surface area contributed by atoms with Gasteiger partial charge in [-0.3, -0.25) is 9.69 Å². The molecule has 2 rings (SSSR count). The number of carbonyl (C=O) groups excluding carboxylic acids is 1. The molecular weight excluding hydrogens is 246 g/mol. The van der Waals surface area contributed by atoms with E-state index in [-0.39, 0.29) is 5.91 Å². The van der Waals surface area contributed by atoms with Crippen molar-refractivity contribution in [3.05, 3.63) is 11.9 Å². The fraction of sp³-hybridized carbons (Fsp3) is 0.750. The highest BCUT2D eigenvalue weighted by Crippen LogP contribution is 2.05. The number of nitrogens with zero attached hydrogens (tertiary/aromatic N) is 4. The van der Waals surface area contributed by atoms with E-state index < -0.39 is 0 Å². The van der Waals surface area contributed by atoms with E-state index in [2.05, 4.69) is 27.2 Å². The summed E-state index contributed by atoms with van der Waals surface area (Å²) in [6, 6.07) is 0. The first-order chi connectivity index (χ1) is 9.31. The third kappa shape index (κ3) is 4.00. The predicted octanol–water partition coefficient (Wildman–Crippen LogP) is -0.0109. The highest BCUT2D eigenvalue weighted by atomic mass is 16.5. The van der Waals surface area contributed by atoms with Gasteiger partial charge >= 0.3 is 0 Å². The predicted molar refractivity (Wildman–Crippen MR) is 69.8 cm³/mol. The Bertz CT molecular complexity index is 373. The van der Waals surface area contributed by atoms with Gasteiger partial charge in [0.1, 0.15) is 0 Å². The third-order valence-electron chi connectivity index (χ3n) is 3.19. The first-order valence-corrected chi connectivity index (χ1v) is 6.76. The van der Waals surface area contributed by atoms with Gasteiger partial charge in [0.05, 0.1) is 12.8 Å². The number of aromatic amines is 1. The van der Waals surface area contributed by atoms with E-state index in [0.717, 1.165) is 52.4 Å². The van der Waals surface area contributed by atoms with Gasteiger partial charge in [-0.25, -0.2) is 0 Å². The van der Waals surface area contributed by atoms with E-state index in [1.165, 1.54) is 6.20 Å². The molecule has 19 heavy (non-hydrogen) atoms. The smallest absolute Gasteiger partial charge is 0.276 e. The molecule has 7 nitrogen and oxygen atoms in total. The Hall–Kier alpha value is -1.47. The Balaban J connectivity index is 1.69. The molecule has 106 valence electrons. The van der Waals surface area contributed by atoms with Crippen LogP contribution in [-0.4, -0.2) is 77.1 Å².